The monoisotopic (exact) mass is 509 g/mol. The Morgan fingerprint density at radius 3 is 2.49 bits per heavy atom. The number of cyclic esters (lactones) is 1. The van der Waals surface area contributed by atoms with Crippen LogP contribution in [0.25, 0.3) is 0 Å². The Kier molecular flexibility index (Phi) is 9.29. The van der Waals surface area contributed by atoms with E-state index < -0.39 is 17.6 Å². The number of aliphatic hydroxyl groups excluding tert-OH is 2. The molecule has 2 atom stereocenters. The van der Waals surface area contributed by atoms with Gasteiger partial charge in [0.2, 0.25) is 0 Å². The third kappa shape index (κ3) is 6.94. The molecule has 2 aliphatic heterocycles. The topological polar surface area (TPSA) is 103 Å². The Balaban J connectivity index is 1.44. The summed E-state index contributed by atoms with van der Waals surface area (Å²) in [5.41, 5.74) is 1.85. The number of nitrogens with zero attached hydrogens (tertiary/aromatic N) is 3. The minimum Gasteiger partial charge on any atom is -0.462 e. The fourth-order valence-corrected chi connectivity index (χ4v) is 5.40. The molecule has 0 unspecified atom stereocenters. The van der Waals surface area contributed by atoms with Crippen LogP contribution in [0.2, 0.25) is 0 Å². The highest BCUT2D eigenvalue weighted by Gasteiger charge is 2.42. The predicted octanol–water partition coefficient (Wildman–Crippen LogP) is 2.95. The number of amides is 1. The van der Waals surface area contributed by atoms with Crippen LogP contribution < -0.4 is 0 Å². The van der Waals surface area contributed by atoms with Crippen molar-refractivity contribution in [3.05, 3.63) is 65.5 Å². The molecule has 3 heterocycles. The van der Waals surface area contributed by atoms with Gasteiger partial charge in [-0.25, -0.2) is 0 Å². The number of ether oxygens (including phenoxy) is 1. The molecule has 200 valence electrons. The lowest BCUT2D eigenvalue weighted by Crippen LogP contribution is -2.45. The summed E-state index contributed by atoms with van der Waals surface area (Å²) in [5, 5.41) is 21.0. The summed E-state index contributed by atoms with van der Waals surface area (Å²) in [5.74, 6) is -0.408. The zero-order valence-corrected chi connectivity index (χ0v) is 21.7. The van der Waals surface area contributed by atoms with Gasteiger partial charge in [0.1, 0.15) is 12.7 Å². The van der Waals surface area contributed by atoms with Gasteiger partial charge in [0, 0.05) is 31.5 Å². The summed E-state index contributed by atoms with van der Waals surface area (Å²) < 4.78 is 5.59. The van der Waals surface area contributed by atoms with Gasteiger partial charge in [0.25, 0.3) is 5.91 Å². The highest BCUT2D eigenvalue weighted by molar-refractivity contribution is 5.95. The number of esters is 1. The third-order valence-electron chi connectivity index (χ3n) is 7.88. The van der Waals surface area contributed by atoms with Gasteiger partial charge in [-0.15, -0.1) is 0 Å². The SMILES string of the molecule is Cc1ncccc1C(=O)N1CCCCC2(CCN(Cc3ccccc3)CC2)C(=O)OC[C@@H](O)[C@@H](O)CC1. The van der Waals surface area contributed by atoms with E-state index in [2.05, 4.69) is 22.0 Å². The van der Waals surface area contributed by atoms with E-state index in [0.29, 0.717) is 43.6 Å². The number of aromatic nitrogens is 1. The number of carbonyl (C=O) groups excluding carboxylic acids is 2. The predicted molar refractivity (Wildman–Crippen MR) is 140 cm³/mol. The van der Waals surface area contributed by atoms with Crippen LogP contribution >= 0.6 is 0 Å². The van der Waals surface area contributed by atoms with E-state index in [1.54, 1.807) is 23.2 Å². The number of carbonyl (C=O) groups is 2. The van der Waals surface area contributed by atoms with E-state index in [4.69, 9.17) is 4.74 Å². The average molecular weight is 510 g/mol. The number of aryl methyl sites for hydroxylation is 1. The van der Waals surface area contributed by atoms with Crippen LogP contribution in [0.3, 0.4) is 0 Å². The molecule has 2 aliphatic rings. The Hall–Kier alpha value is -2.81. The molecule has 0 aliphatic carbocycles. The Morgan fingerprint density at radius 1 is 1.00 bits per heavy atom. The van der Waals surface area contributed by atoms with Gasteiger partial charge in [-0.2, -0.15) is 0 Å². The minimum atomic E-state index is -1.20. The number of benzene rings is 1. The molecule has 0 radical (unpaired) electrons. The van der Waals surface area contributed by atoms with Crippen molar-refractivity contribution in [1.29, 1.82) is 0 Å². The molecular weight excluding hydrogens is 470 g/mol. The van der Waals surface area contributed by atoms with E-state index in [1.165, 1.54) is 5.56 Å². The molecule has 0 saturated carbocycles. The molecule has 1 spiro atoms. The van der Waals surface area contributed by atoms with Crippen molar-refractivity contribution in [3.63, 3.8) is 0 Å². The van der Waals surface area contributed by atoms with Crippen LogP contribution in [0.15, 0.2) is 48.7 Å². The summed E-state index contributed by atoms with van der Waals surface area (Å²) in [6.45, 7) is 4.82. The lowest BCUT2D eigenvalue weighted by atomic mass is 9.74. The molecule has 8 nitrogen and oxygen atoms in total. The average Bonchev–Trinajstić information content (AvgIpc) is 2.92. The minimum absolute atomic E-state index is 0.126. The summed E-state index contributed by atoms with van der Waals surface area (Å²) in [7, 11) is 0. The molecule has 4 rings (SSSR count). The van der Waals surface area contributed by atoms with Crippen molar-refractivity contribution in [2.24, 2.45) is 5.41 Å². The van der Waals surface area contributed by atoms with Gasteiger partial charge >= 0.3 is 5.97 Å². The number of piperidine rings is 1. The molecule has 8 heteroatoms. The van der Waals surface area contributed by atoms with E-state index in [1.807, 2.05) is 25.1 Å². The first-order valence-corrected chi connectivity index (χ1v) is 13.4. The summed E-state index contributed by atoms with van der Waals surface area (Å²) in [4.78, 5) is 34.9. The van der Waals surface area contributed by atoms with Crippen molar-refractivity contribution < 1.29 is 24.5 Å². The zero-order valence-electron chi connectivity index (χ0n) is 21.7. The molecule has 1 aromatic carbocycles. The normalized spacial score (nSPS) is 24.0. The van der Waals surface area contributed by atoms with Gasteiger partial charge in [-0.1, -0.05) is 36.8 Å². The maximum Gasteiger partial charge on any atom is 0.312 e. The number of likely N-dealkylation sites (tertiary alicyclic amines) is 1. The molecule has 2 saturated heterocycles. The molecule has 2 N–H and O–H groups in total. The lowest BCUT2D eigenvalue weighted by molar-refractivity contribution is -0.165. The Labute approximate surface area is 219 Å². The highest BCUT2D eigenvalue weighted by atomic mass is 16.5. The van der Waals surface area contributed by atoms with Gasteiger partial charge in [-0.3, -0.25) is 19.5 Å². The van der Waals surface area contributed by atoms with Gasteiger partial charge in [0.05, 0.1) is 17.1 Å². The van der Waals surface area contributed by atoms with Crippen LogP contribution in [0.1, 0.15) is 60.1 Å². The number of rotatable bonds is 3. The number of pyridine rings is 1. The Bertz CT molecular complexity index is 1040. The second-order valence-electron chi connectivity index (χ2n) is 10.4. The standard InChI is InChI=1S/C29H39N3O5/c1-22-24(10-7-15-30-22)27(35)32-16-6-5-12-29(28(36)37-21-26(34)25(33)11-17-32)13-18-31(19-14-29)20-23-8-3-2-4-9-23/h2-4,7-10,15,25-26,33-34H,5-6,11-14,16-21H2,1H3/t25-,26+/m0/s1. The maximum atomic E-state index is 13.3. The van der Waals surface area contributed by atoms with Crippen LogP contribution in [-0.2, 0) is 16.1 Å². The molecule has 1 aromatic heterocycles. The number of hydrogen-bond acceptors (Lipinski definition) is 7. The summed E-state index contributed by atoms with van der Waals surface area (Å²) >= 11 is 0. The Morgan fingerprint density at radius 2 is 1.76 bits per heavy atom. The molecule has 1 amide bonds. The van der Waals surface area contributed by atoms with Crippen LogP contribution in [-0.4, -0.2) is 81.9 Å². The van der Waals surface area contributed by atoms with Crippen molar-refractivity contribution in [3.8, 4) is 0 Å². The van der Waals surface area contributed by atoms with Crippen molar-refractivity contribution in [2.45, 2.75) is 64.2 Å². The van der Waals surface area contributed by atoms with Crippen LogP contribution in [0, 0.1) is 12.3 Å². The fraction of sp³-hybridized carbons (Fsp3) is 0.552. The van der Waals surface area contributed by atoms with Crippen LogP contribution in [0.4, 0.5) is 0 Å². The molecular formula is C29H39N3O5. The van der Waals surface area contributed by atoms with Gasteiger partial charge < -0.3 is 19.8 Å². The first-order chi connectivity index (χ1) is 17.9. The second kappa shape index (κ2) is 12.6. The van der Waals surface area contributed by atoms with E-state index in [0.717, 1.165) is 32.5 Å². The van der Waals surface area contributed by atoms with E-state index >= 15 is 0 Å². The maximum absolute atomic E-state index is 13.3. The van der Waals surface area contributed by atoms with Crippen molar-refractivity contribution in [2.75, 3.05) is 32.8 Å². The molecule has 2 aromatic rings. The van der Waals surface area contributed by atoms with Crippen LogP contribution in [0.5, 0.6) is 0 Å². The van der Waals surface area contributed by atoms with Gasteiger partial charge in [-0.05, 0) is 69.8 Å². The summed E-state index contributed by atoms with van der Waals surface area (Å²) in [6.07, 6.45) is 3.15. The largest absolute Gasteiger partial charge is 0.462 e. The summed E-state index contributed by atoms with van der Waals surface area (Å²) in [6, 6.07) is 13.8. The zero-order chi connectivity index (χ0) is 26.3. The smallest absolute Gasteiger partial charge is 0.312 e. The van der Waals surface area contributed by atoms with Crippen molar-refractivity contribution in [1.82, 2.24) is 14.8 Å². The number of aliphatic hydroxyl groups is 2. The fourth-order valence-electron chi connectivity index (χ4n) is 5.40. The second-order valence-corrected chi connectivity index (χ2v) is 10.4. The third-order valence-corrected chi connectivity index (χ3v) is 7.88. The van der Waals surface area contributed by atoms with Gasteiger partial charge in [0.15, 0.2) is 0 Å². The highest BCUT2D eigenvalue weighted by Crippen LogP contribution is 2.38. The first-order valence-electron chi connectivity index (χ1n) is 13.4. The molecule has 37 heavy (non-hydrogen) atoms. The quantitative estimate of drug-likeness (QED) is 0.613. The van der Waals surface area contributed by atoms with Crippen molar-refractivity contribution >= 4 is 11.9 Å². The van der Waals surface area contributed by atoms with E-state index in [9.17, 15) is 19.8 Å². The lowest BCUT2D eigenvalue weighted by Gasteiger charge is -2.40. The molecule has 2 fully saturated rings. The molecule has 0 bridgehead atoms. The number of hydrogen-bond donors (Lipinski definition) is 2. The first kappa shape index (κ1) is 27.2. The van der Waals surface area contributed by atoms with E-state index in [-0.39, 0.29) is 24.9 Å².